The maximum atomic E-state index is 12.1. The van der Waals surface area contributed by atoms with Crippen molar-refractivity contribution in [2.45, 2.75) is 25.8 Å². The predicted molar refractivity (Wildman–Crippen MR) is 93.9 cm³/mol. The lowest BCUT2D eigenvalue weighted by atomic mass is 10.1. The lowest BCUT2D eigenvalue weighted by molar-refractivity contribution is -0.121. The van der Waals surface area contributed by atoms with Gasteiger partial charge in [0.15, 0.2) is 0 Å². The van der Waals surface area contributed by atoms with Gasteiger partial charge in [-0.25, -0.2) is 0 Å². The first kappa shape index (κ1) is 16.7. The molecule has 1 aromatic carbocycles. The van der Waals surface area contributed by atoms with Gasteiger partial charge in [0.25, 0.3) is 0 Å². The molecule has 0 bridgehead atoms. The number of hydrogen-bond acceptors (Lipinski definition) is 5. The largest absolute Gasteiger partial charge is 0.350 e. The maximum absolute atomic E-state index is 12.1. The molecule has 1 amide bonds. The molecule has 3 aromatic rings. The molecule has 0 fully saturated rings. The van der Waals surface area contributed by atoms with Gasteiger partial charge in [-0.05, 0) is 36.1 Å². The van der Waals surface area contributed by atoms with Crippen LogP contribution in [0.3, 0.4) is 0 Å². The number of carbonyl (C=O) groups is 1. The van der Waals surface area contributed by atoms with Crippen molar-refractivity contribution in [3.05, 3.63) is 57.6 Å². The van der Waals surface area contributed by atoms with E-state index in [1.54, 1.807) is 11.3 Å². The van der Waals surface area contributed by atoms with Gasteiger partial charge < -0.3 is 9.84 Å². The number of carbonyl (C=O) groups excluding carboxylic acids is 1. The number of nitrogens with one attached hydrogen (secondary N) is 1. The highest BCUT2D eigenvalue weighted by Gasteiger charge is 2.13. The van der Waals surface area contributed by atoms with Crippen LogP contribution in [0.4, 0.5) is 0 Å². The lowest BCUT2D eigenvalue weighted by Crippen LogP contribution is -2.26. The lowest BCUT2D eigenvalue weighted by Gasteiger charge is -2.14. The Balaban J connectivity index is 1.51. The Bertz CT molecular complexity index is 800. The van der Waals surface area contributed by atoms with E-state index in [1.807, 2.05) is 48.0 Å². The Morgan fingerprint density at radius 3 is 2.83 bits per heavy atom. The summed E-state index contributed by atoms with van der Waals surface area (Å²) in [6.45, 7) is 1.93. The molecule has 7 heteroatoms. The molecule has 1 atom stereocenters. The van der Waals surface area contributed by atoms with Gasteiger partial charge in [0, 0.05) is 28.8 Å². The molecule has 3 rings (SSSR count). The SMILES string of the molecule is CC(NC(=O)CCc1nc(-c2ccsc2)no1)c1ccc(Cl)cc1. The van der Waals surface area contributed by atoms with Gasteiger partial charge in [0.05, 0.1) is 6.04 Å². The molecule has 0 saturated heterocycles. The molecule has 0 aliphatic heterocycles. The summed E-state index contributed by atoms with van der Waals surface area (Å²) in [4.78, 5) is 16.4. The van der Waals surface area contributed by atoms with Crippen LogP contribution in [-0.4, -0.2) is 16.0 Å². The Labute approximate surface area is 148 Å². The molecule has 0 aliphatic rings. The molecule has 24 heavy (non-hydrogen) atoms. The fraction of sp³-hybridized carbons (Fsp3) is 0.235. The summed E-state index contributed by atoms with van der Waals surface area (Å²) in [7, 11) is 0. The first-order chi connectivity index (χ1) is 11.6. The van der Waals surface area contributed by atoms with Crippen LogP contribution in [0.1, 0.15) is 30.8 Å². The molecule has 5 nitrogen and oxygen atoms in total. The van der Waals surface area contributed by atoms with Crippen LogP contribution < -0.4 is 5.32 Å². The van der Waals surface area contributed by atoms with Gasteiger partial charge >= 0.3 is 0 Å². The molecule has 2 heterocycles. The summed E-state index contributed by atoms with van der Waals surface area (Å²) in [6, 6.07) is 9.27. The van der Waals surface area contributed by atoms with Gasteiger partial charge in [-0.2, -0.15) is 16.3 Å². The highest BCUT2D eigenvalue weighted by atomic mass is 35.5. The van der Waals surface area contributed by atoms with Crippen molar-refractivity contribution in [3.8, 4) is 11.4 Å². The van der Waals surface area contributed by atoms with E-state index in [0.717, 1.165) is 11.1 Å². The van der Waals surface area contributed by atoms with E-state index in [0.29, 0.717) is 29.6 Å². The Morgan fingerprint density at radius 2 is 2.12 bits per heavy atom. The van der Waals surface area contributed by atoms with Crippen molar-refractivity contribution in [3.63, 3.8) is 0 Å². The van der Waals surface area contributed by atoms with Crippen LogP contribution in [0.5, 0.6) is 0 Å². The first-order valence-corrected chi connectivity index (χ1v) is 8.84. The standard InChI is InChI=1S/C17H16ClN3O2S/c1-11(12-2-4-14(18)5-3-12)19-15(22)6-7-16-20-17(21-23-16)13-8-9-24-10-13/h2-5,8-11H,6-7H2,1H3,(H,19,22). The average Bonchev–Trinajstić information content (AvgIpc) is 3.25. The van der Waals surface area contributed by atoms with E-state index >= 15 is 0 Å². The zero-order valence-electron chi connectivity index (χ0n) is 13.0. The van der Waals surface area contributed by atoms with Crippen LogP contribution in [0, 0.1) is 0 Å². The predicted octanol–water partition coefficient (Wildman–Crippen LogP) is 4.26. The van der Waals surface area contributed by atoms with Crippen molar-refractivity contribution in [1.82, 2.24) is 15.5 Å². The molecule has 1 unspecified atom stereocenters. The van der Waals surface area contributed by atoms with E-state index in [1.165, 1.54) is 0 Å². The van der Waals surface area contributed by atoms with Crippen molar-refractivity contribution < 1.29 is 9.32 Å². The topological polar surface area (TPSA) is 68.0 Å². The molecule has 0 spiro atoms. The molecule has 2 aromatic heterocycles. The zero-order chi connectivity index (χ0) is 16.9. The highest BCUT2D eigenvalue weighted by molar-refractivity contribution is 7.08. The van der Waals surface area contributed by atoms with Gasteiger partial charge in [-0.3, -0.25) is 4.79 Å². The van der Waals surface area contributed by atoms with Crippen molar-refractivity contribution in [2.24, 2.45) is 0 Å². The molecular weight excluding hydrogens is 346 g/mol. The zero-order valence-corrected chi connectivity index (χ0v) is 14.6. The second-order valence-corrected chi connectivity index (χ2v) is 6.58. The van der Waals surface area contributed by atoms with Crippen LogP contribution in [0.15, 0.2) is 45.6 Å². The van der Waals surface area contributed by atoms with Crippen LogP contribution in [-0.2, 0) is 11.2 Å². The summed E-state index contributed by atoms with van der Waals surface area (Å²) in [5.74, 6) is 0.958. The molecular formula is C17H16ClN3O2S. The number of aromatic nitrogens is 2. The quantitative estimate of drug-likeness (QED) is 0.712. The minimum absolute atomic E-state index is 0.0623. The van der Waals surface area contributed by atoms with Gasteiger partial charge in [0.2, 0.25) is 17.6 Å². The number of benzene rings is 1. The summed E-state index contributed by atoms with van der Waals surface area (Å²) in [5, 5.41) is 11.5. The third-order valence-electron chi connectivity index (χ3n) is 3.56. The molecule has 1 N–H and O–H groups in total. The minimum atomic E-state index is -0.0844. The third-order valence-corrected chi connectivity index (χ3v) is 4.50. The van der Waals surface area contributed by atoms with E-state index in [4.69, 9.17) is 16.1 Å². The van der Waals surface area contributed by atoms with Crippen molar-refractivity contribution >= 4 is 28.8 Å². The number of halogens is 1. The Kier molecular flexibility index (Phi) is 5.27. The normalized spacial score (nSPS) is 12.1. The summed E-state index contributed by atoms with van der Waals surface area (Å²) in [6.07, 6.45) is 0.708. The third kappa shape index (κ3) is 4.21. The monoisotopic (exact) mass is 361 g/mol. The van der Waals surface area contributed by atoms with Gasteiger partial charge in [-0.1, -0.05) is 28.9 Å². The fourth-order valence-electron chi connectivity index (χ4n) is 2.23. The Morgan fingerprint density at radius 1 is 1.33 bits per heavy atom. The van der Waals surface area contributed by atoms with Crippen LogP contribution >= 0.6 is 22.9 Å². The Hall–Kier alpha value is -2.18. The number of nitrogens with zero attached hydrogens (tertiary/aromatic N) is 2. The first-order valence-electron chi connectivity index (χ1n) is 7.52. The summed E-state index contributed by atoms with van der Waals surface area (Å²) >= 11 is 7.44. The minimum Gasteiger partial charge on any atom is -0.350 e. The second kappa shape index (κ2) is 7.59. The van der Waals surface area contributed by atoms with E-state index in [2.05, 4.69) is 15.5 Å². The number of thiophene rings is 1. The number of amides is 1. The van der Waals surface area contributed by atoms with Crippen molar-refractivity contribution in [2.75, 3.05) is 0 Å². The summed E-state index contributed by atoms with van der Waals surface area (Å²) < 4.78 is 5.19. The molecule has 0 radical (unpaired) electrons. The van der Waals surface area contributed by atoms with E-state index < -0.39 is 0 Å². The molecule has 0 aliphatic carbocycles. The average molecular weight is 362 g/mol. The van der Waals surface area contributed by atoms with Crippen LogP contribution in [0.2, 0.25) is 5.02 Å². The number of rotatable bonds is 6. The van der Waals surface area contributed by atoms with Gasteiger partial charge in [0.1, 0.15) is 0 Å². The summed E-state index contributed by atoms with van der Waals surface area (Å²) in [5.41, 5.74) is 1.93. The number of aryl methyl sites for hydroxylation is 1. The maximum Gasteiger partial charge on any atom is 0.227 e. The van der Waals surface area contributed by atoms with Gasteiger partial charge in [-0.15, -0.1) is 0 Å². The molecule has 0 saturated carbocycles. The number of hydrogen-bond donors (Lipinski definition) is 1. The molecule has 124 valence electrons. The smallest absolute Gasteiger partial charge is 0.227 e. The highest BCUT2D eigenvalue weighted by Crippen LogP contribution is 2.19. The van der Waals surface area contributed by atoms with E-state index in [9.17, 15) is 4.79 Å². The second-order valence-electron chi connectivity index (χ2n) is 5.36. The fourth-order valence-corrected chi connectivity index (χ4v) is 2.99. The van der Waals surface area contributed by atoms with E-state index in [-0.39, 0.29) is 11.9 Å². The van der Waals surface area contributed by atoms with Crippen LogP contribution in [0.25, 0.3) is 11.4 Å². The van der Waals surface area contributed by atoms with Crippen molar-refractivity contribution in [1.29, 1.82) is 0 Å².